The number of rotatable bonds is 7. The molecule has 4 nitrogen and oxygen atoms in total. The quantitative estimate of drug-likeness (QED) is 0.697. The Hall–Kier alpha value is -2.25. The third-order valence-corrected chi connectivity index (χ3v) is 4.62. The molecule has 7 heteroatoms. The summed E-state index contributed by atoms with van der Waals surface area (Å²) in [4.78, 5) is 0. The second-order valence-corrected chi connectivity index (χ2v) is 6.69. The van der Waals surface area contributed by atoms with Gasteiger partial charge in [-0.2, -0.15) is 8.78 Å². The molecule has 1 aliphatic heterocycles. The Bertz CT molecular complexity index is 723. The molecule has 0 bridgehead atoms. The normalized spacial score (nSPS) is 17.5. The third kappa shape index (κ3) is 5.87. The van der Waals surface area contributed by atoms with E-state index in [0.29, 0.717) is 11.7 Å². The summed E-state index contributed by atoms with van der Waals surface area (Å²) < 4.78 is 34.7. The number of alkyl halides is 2. The van der Waals surface area contributed by atoms with Gasteiger partial charge in [-0.05, 0) is 48.3 Å². The Kier molecular flexibility index (Phi) is 6.95. The highest BCUT2D eigenvalue weighted by atomic mass is 32.1. The monoisotopic (exact) mass is 392 g/mol. The molecule has 2 aromatic rings. The number of ether oxygens (including phenoxy) is 2. The first kappa shape index (κ1) is 19.5. The van der Waals surface area contributed by atoms with Gasteiger partial charge in [0, 0.05) is 13.2 Å². The molecule has 144 valence electrons. The van der Waals surface area contributed by atoms with E-state index in [0.717, 1.165) is 30.6 Å². The molecule has 1 fully saturated rings. The average Bonchev–Trinajstić information content (AvgIpc) is 3.19. The van der Waals surface area contributed by atoms with Gasteiger partial charge in [0.25, 0.3) is 0 Å². The largest absolute Gasteiger partial charge is 0.435 e. The van der Waals surface area contributed by atoms with Crippen molar-refractivity contribution in [2.24, 2.45) is 0 Å². The summed E-state index contributed by atoms with van der Waals surface area (Å²) in [7, 11) is 0. The predicted molar refractivity (Wildman–Crippen MR) is 104 cm³/mol. The summed E-state index contributed by atoms with van der Waals surface area (Å²) in [5.74, 6) is 0.125. The Morgan fingerprint density at radius 1 is 1.11 bits per heavy atom. The average molecular weight is 392 g/mol. The Morgan fingerprint density at radius 3 is 2.44 bits per heavy atom. The van der Waals surface area contributed by atoms with Crippen LogP contribution in [0, 0.1) is 0 Å². The number of hydrogen-bond acceptors (Lipinski definition) is 3. The van der Waals surface area contributed by atoms with Gasteiger partial charge in [-0.1, -0.05) is 42.5 Å². The van der Waals surface area contributed by atoms with Gasteiger partial charge in [0.1, 0.15) is 5.75 Å². The molecule has 1 aliphatic rings. The number of halogens is 2. The van der Waals surface area contributed by atoms with Gasteiger partial charge in [0.2, 0.25) is 0 Å². The van der Waals surface area contributed by atoms with E-state index in [1.165, 1.54) is 12.1 Å². The lowest BCUT2D eigenvalue weighted by Crippen LogP contribution is -2.41. The maximum Gasteiger partial charge on any atom is 0.387 e. The molecule has 2 aromatic carbocycles. The van der Waals surface area contributed by atoms with Crippen LogP contribution in [0.15, 0.2) is 54.6 Å². The molecule has 2 atom stereocenters. The molecular formula is C20H22F2N2O2S. The van der Waals surface area contributed by atoms with Crippen molar-refractivity contribution in [2.45, 2.75) is 31.6 Å². The van der Waals surface area contributed by atoms with Crippen LogP contribution in [0.5, 0.6) is 5.75 Å². The van der Waals surface area contributed by atoms with Crippen LogP contribution >= 0.6 is 12.2 Å². The summed E-state index contributed by atoms with van der Waals surface area (Å²) in [6, 6.07) is 16.2. The predicted octanol–water partition coefficient (Wildman–Crippen LogP) is 4.02. The lowest BCUT2D eigenvalue weighted by Gasteiger charge is -2.23. The summed E-state index contributed by atoms with van der Waals surface area (Å²) in [5, 5.41) is 7.03. The van der Waals surface area contributed by atoms with E-state index in [4.69, 9.17) is 17.0 Å². The van der Waals surface area contributed by atoms with Crippen molar-refractivity contribution in [3.63, 3.8) is 0 Å². The molecule has 0 aliphatic carbocycles. The van der Waals surface area contributed by atoms with E-state index in [9.17, 15) is 8.78 Å². The third-order valence-electron chi connectivity index (χ3n) is 4.36. The number of thiocarbonyl (C=S) groups is 1. The zero-order valence-corrected chi connectivity index (χ0v) is 15.6. The molecule has 2 N–H and O–H groups in total. The highest BCUT2D eigenvalue weighted by Crippen LogP contribution is 2.25. The van der Waals surface area contributed by atoms with Crippen molar-refractivity contribution in [1.82, 2.24) is 10.6 Å². The molecule has 27 heavy (non-hydrogen) atoms. The van der Waals surface area contributed by atoms with E-state index >= 15 is 0 Å². The Balaban J connectivity index is 1.70. The topological polar surface area (TPSA) is 42.5 Å². The smallest absolute Gasteiger partial charge is 0.387 e. The minimum Gasteiger partial charge on any atom is -0.435 e. The number of nitrogens with one attached hydrogen (secondary N) is 2. The number of benzene rings is 2. The van der Waals surface area contributed by atoms with E-state index < -0.39 is 6.61 Å². The fourth-order valence-electron chi connectivity index (χ4n) is 3.04. The van der Waals surface area contributed by atoms with Crippen LogP contribution < -0.4 is 15.4 Å². The van der Waals surface area contributed by atoms with Gasteiger partial charge in [-0.25, -0.2) is 0 Å². The van der Waals surface area contributed by atoms with Gasteiger partial charge in [-0.15, -0.1) is 0 Å². The Labute approximate surface area is 162 Å². The molecule has 0 amide bonds. The van der Waals surface area contributed by atoms with Crippen LogP contribution in [-0.4, -0.2) is 31.0 Å². The second kappa shape index (κ2) is 9.62. The van der Waals surface area contributed by atoms with Crippen molar-refractivity contribution < 1.29 is 18.3 Å². The molecule has 0 radical (unpaired) electrons. The lowest BCUT2D eigenvalue weighted by atomic mass is 9.99. The molecule has 0 unspecified atom stereocenters. The van der Waals surface area contributed by atoms with Gasteiger partial charge in [0.15, 0.2) is 5.11 Å². The molecule has 0 saturated carbocycles. The van der Waals surface area contributed by atoms with Crippen LogP contribution in [-0.2, 0) is 4.74 Å². The standard InChI is InChI=1S/C20H22F2N2O2S/c21-19(22)26-16-10-8-15(9-11-16)18(14-5-2-1-3-6-14)24-20(27)23-13-17-7-4-12-25-17/h1-3,5-6,8-11,17-19H,4,7,12-13H2,(H2,23,24,27)/t17-,18+/m1/s1. The lowest BCUT2D eigenvalue weighted by molar-refractivity contribution is -0.0498. The van der Waals surface area contributed by atoms with Crippen LogP contribution in [0.3, 0.4) is 0 Å². The van der Waals surface area contributed by atoms with Crippen LogP contribution in [0.4, 0.5) is 8.78 Å². The van der Waals surface area contributed by atoms with Crippen molar-refractivity contribution in [2.75, 3.05) is 13.2 Å². The van der Waals surface area contributed by atoms with E-state index in [-0.39, 0.29) is 17.9 Å². The SMILES string of the molecule is FC(F)Oc1ccc([C@@H](NC(=S)NC[C@H]2CCCO2)c2ccccc2)cc1. The first-order valence-electron chi connectivity index (χ1n) is 8.87. The fraction of sp³-hybridized carbons (Fsp3) is 0.350. The van der Waals surface area contributed by atoms with Crippen LogP contribution in [0.1, 0.15) is 30.0 Å². The van der Waals surface area contributed by atoms with Gasteiger partial charge in [-0.3, -0.25) is 0 Å². The van der Waals surface area contributed by atoms with Gasteiger partial charge in [0.05, 0.1) is 12.1 Å². The van der Waals surface area contributed by atoms with Crippen LogP contribution in [0.25, 0.3) is 0 Å². The first-order valence-corrected chi connectivity index (χ1v) is 9.28. The van der Waals surface area contributed by atoms with Crippen LogP contribution in [0.2, 0.25) is 0 Å². The summed E-state index contributed by atoms with van der Waals surface area (Å²) >= 11 is 5.45. The van der Waals surface area contributed by atoms with E-state index in [1.54, 1.807) is 12.1 Å². The van der Waals surface area contributed by atoms with Gasteiger partial charge < -0.3 is 20.1 Å². The molecule has 0 aromatic heterocycles. The minimum atomic E-state index is -2.84. The zero-order valence-electron chi connectivity index (χ0n) is 14.7. The van der Waals surface area contributed by atoms with E-state index in [2.05, 4.69) is 15.4 Å². The summed E-state index contributed by atoms with van der Waals surface area (Å²) in [6.07, 6.45) is 2.29. The first-order chi connectivity index (χ1) is 13.1. The van der Waals surface area contributed by atoms with Gasteiger partial charge >= 0.3 is 6.61 Å². The highest BCUT2D eigenvalue weighted by molar-refractivity contribution is 7.80. The minimum absolute atomic E-state index is 0.125. The fourth-order valence-corrected chi connectivity index (χ4v) is 3.24. The highest BCUT2D eigenvalue weighted by Gasteiger charge is 2.18. The zero-order chi connectivity index (χ0) is 19.1. The maximum atomic E-state index is 12.4. The molecule has 3 rings (SSSR count). The van der Waals surface area contributed by atoms with Crippen molar-refractivity contribution in [1.29, 1.82) is 0 Å². The molecular weight excluding hydrogens is 370 g/mol. The molecule has 1 saturated heterocycles. The summed E-state index contributed by atoms with van der Waals surface area (Å²) in [5.41, 5.74) is 1.91. The second-order valence-electron chi connectivity index (χ2n) is 6.28. The van der Waals surface area contributed by atoms with Crippen molar-refractivity contribution >= 4 is 17.3 Å². The molecule has 1 heterocycles. The van der Waals surface area contributed by atoms with Crippen molar-refractivity contribution in [3.05, 3.63) is 65.7 Å². The summed E-state index contributed by atoms with van der Waals surface area (Å²) in [6.45, 7) is -1.38. The van der Waals surface area contributed by atoms with Crippen molar-refractivity contribution in [3.8, 4) is 5.75 Å². The molecule has 0 spiro atoms. The van der Waals surface area contributed by atoms with E-state index in [1.807, 2.05) is 30.3 Å². The Morgan fingerprint density at radius 2 is 1.81 bits per heavy atom. The number of hydrogen-bond donors (Lipinski definition) is 2. The maximum absolute atomic E-state index is 12.4.